The Morgan fingerprint density at radius 3 is 2.50 bits per heavy atom. The van der Waals surface area contributed by atoms with Gasteiger partial charge >= 0.3 is 0 Å². The Bertz CT molecular complexity index is 151. The van der Waals surface area contributed by atoms with E-state index in [-0.39, 0.29) is 12.5 Å². The Kier molecular flexibility index (Phi) is 3.53. The summed E-state index contributed by atoms with van der Waals surface area (Å²) in [5.41, 5.74) is 0. The van der Waals surface area contributed by atoms with Gasteiger partial charge in [0.25, 0.3) is 0 Å². The molecule has 1 amide bonds. The number of carbonyl (C=O) groups is 1. The normalized spacial score (nSPS) is 19.7. The molecule has 0 saturated carbocycles. The van der Waals surface area contributed by atoms with E-state index in [0.29, 0.717) is 0 Å². The smallest absolute Gasteiger partial charge is 0.248 e. The van der Waals surface area contributed by atoms with Crippen LogP contribution in [0.1, 0.15) is 26.2 Å². The van der Waals surface area contributed by atoms with Crippen molar-refractivity contribution in [3.05, 3.63) is 0 Å². The fourth-order valence-electron chi connectivity index (χ4n) is 1.69. The summed E-state index contributed by atoms with van der Waals surface area (Å²) in [4.78, 5) is 12.8. The second-order valence-electron chi connectivity index (χ2n) is 3.39. The third-order valence-corrected chi connectivity index (χ3v) is 2.68. The predicted molar refractivity (Wildman–Crippen MR) is 46.7 cm³/mol. The Labute approximate surface area is 73.4 Å². The van der Waals surface area contributed by atoms with Gasteiger partial charge in [-0.15, -0.1) is 0 Å². The van der Waals surface area contributed by atoms with Crippen LogP contribution in [-0.2, 0) is 4.79 Å². The zero-order valence-corrected chi connectivity index (χ0v) is 7.62. The highest BCUT2D eigenvalue weighted by Gasteiger charge is 2.20. The average Bonchev–Trinajstić information content (AvgIpc) is 2.17. The van der Waals surface area contributed by atoms with Crippen molar-refractivity contribution in [1.29, 1.82) is 0 Å². The zero-order chi connectivity index (χ0) is 8.97. The number of aliphatic hydroxyl groups is 1. The quantitative estimate of drug-likeness (QED) is 0.662. The van der Waals surface area contributed by atoms with Gasteiger partial charge in [0.2, 0.25) is 5.91 Å². The molecular weight excluding hydrogens is 154 g/mol. The molecule has 0 aromatic rings. The van der Waals surface area contributed by atoms with E-state index in [1.165, 1.54) is 6.42 Å². The summed E-state index contributed by atoms with van der Waals surface area (Å²) < 4.78 is 0. The van der Waals surface area contributed by atoms with E-state index >= 15 is 0 Å². The first-order chi connectivity index (χ1) is 5.77. The van der Waals surface area contributed by atoms with Crippen molar-refractivity contribution in [2.45, 2.75) is 26.2 Å². The van der Waals surface area contributed by atoms with E-state index in [0.717, 1.165) is 31.8 Å². The van der Waals surface area contributed by atoms with Crippen LogP contribution in [0.2, 0.25) is 0 Å². The van der Waals surface area contributed by atoms with E-state index in [1.54, 1.807) is 4.90 Å². The summed E-state index contributed by atoms with van der Waals surface area (Å²) in [5, 5.41) is 8.62. The van der Waals surface area contributed by atoms with Gasteiger partial charge in [-0.25, -0.2) is 0 Å². The third-order valence-electron chi connectivity index (χ3n) is 2.68. The molecule has 0 aliphatic carbocycles. The molecule has 1 N–H and O–H groups in total. The molecule has 1 saturated heterocycles. The van der Waals surface area contributed by atoms with E-state index < -0.39 is 0 Å². The number of amides is 1. The highest BCUT2D eigenvalue weighted by molar-refractivity contribution is 5.77. The third kappa shape index (κ3) is 2.21. The van der Waals surface area contributed by atoms with Crippen LogP contribution in [-0.4, -0.2) is 35.6 Å². The molecule has 1 aliphatic rings. The van der Waals surface area contributed by atoms with Crippen molar-refractivity contribution in [2.24, 2.45) is 5.92 Å². The number of carbonyl (C=O) groups excluding carboxylic acids is 1. The lowest BCUT2D eigenvalue weighted by Crippen LogP contribution is -2.39. The highest BCUT2D eigenvalue weighted by Crippen LogP contribution is 2.19. The van der Waals surface area contributed by atoms with E-state index in [4.69, 9.17) is 5.11 Å². The fraction of sp³-hybridized carbons (Fsp3) is 0.889. The highest BCUT2D eigenvalue weighted by atomic mass is 16.3. The minimum absolute atomic E-state index is 0.121. The molecule has 1 fully saturated rings. The molecule has 1 heterocycles. The minimum atomic E-state index is -0.337. The van der Waals surface area contributed by atoms with E-state index in [2.05, 4.69) is 6.92 Å². The van der Waals surface area contributed by atoms with Crippen LogP contribution in [0.4, 0.5) is 0 Å². The Morgan fingerprint density at radius 1 is 1.50 bits per heavy atom. The van der Waals surface area contributed by atoms with Gasteiger partial charge in [0.15, 0.2) is 0 Å². The first kappa shape index (κ1) is 9.52. The van der Waals surface area contributed by atoms with E-state index in [1.807, 2.05) is 0 Å². The maximum atomic E-state index is 11.0. The van der Waals surface area contributed by atoms with Gasteiger partial charge in [0, 0.05) is 13.1 Å². The standard InChI is InChI=1S/C9H17NO2/c1-2-8-3-5-10(6-4-8)9(12)7-11/h8,11H,2-7H2,1H3. The lowest BCUT2D eigenvalue weighted by atomic mass is 9.94. The summed E-state index contributed by atoms with van der Waals surface area (Å²) in [5.74, 6) is 0.664. The molecule has 0 atom stereocenters. The maximum absolute atomic E-state index is 11.0. The van der Waals surface area contributed by atoms with Crippen molar-refractivity contribution in [3.8, 4) is 0 Å². The number of aliphatic hydroxyl groups excluding tert-OH is 1. The van der Waals surface area contributed by atoms with Crippen LogP contribution >= 0.6 is 0 Å². The molecule has 3 heteroatoms. The van der Waals surface area contributed by atoms with Gasteiger partial charge in [-0.1, -0.05) is 13.3 Å². The predicted octanol–water partition coefficient (Wildman–Crippen LogP) is 0.627. The summed E-state index contributed by atoms with van der Waals surface area (Å²) in [6, 6.07) is 0. The first-order valence-corrected chi connectivity index (χ1v) is 4.66. The molecular formula is C9H17NO2. The van der Waals surface area contributed by atoms with Crippen LogP contribution in [0.5, 0.6) is 0 Å². The van der Waals surface area contributed by atoms with Crippen LogP contribution in [0, 0.1) is 5.92 Å². The summed E-state index contributed by atoms with van der Waals surface area (Å²) in [7, 11) is 0. The second kappa shape index (κ2) is 4.45. The molecule has 0 unspecified atom stereocenters. The van der Waals surface area contributed by atoms with E-state index in [9.17, 15) is 4.79 Å². The van der Waals surface area contributed by atoms with Crippen molar-refractivity contribution >= 4 is 5.91 Å². The molecule has 0 aromatic heterocycles. The molecule has 70 valence electrons. The van der Waals surface area contributed by atoms with Crippen molar-refractivity contribution < 1.29 is 9.90 Å². The number of nitrogens with zero attached hydrogens (tertiary/aromatic N) is 1. The lowest BCUT2D eigenvalue weighted by molar-refractivity contribution is -0.135. The SMILES string of the molecule is CCC1CCN(C(=O)CO)CC1. The maximum Gasteiger partial charge on any atom is 0.248 e. The summed E-state index contributed by atoms with van der Waals surface area (Å²) >= 11 is 0. The number of hydrogen-bond acceptors (Lipinski definition) is 2. The Morgan fingerprint density at radius 2 is 2.08 bits per heavy atom. The van der Waals surface area contributed by atoms with Gasteiger partial charge in [0.05, 0.1) is 0 Å². The number of likely N-dealkylation sites (tertiary alicyclic amines) is 1. The summed E-state index contributed by atoms with van der Waals surface area (Å²) in [6.07, 6.45) is 3.41. The molecule has 0 aromatic carbocycles. The number of rotatable bonds is 2. The topological polar surface area (TPSA) is 40.5 Å². The van der Waals surface area contributed by atoms with Gasteiger partial charge in [-0.2, -0.15) is 0 Å². The van der Waals surface area contributed by atoms with Crippen molar-refractivity contribution in [2.75, 3.05) is 19.7 Å². The van der Waals surface area contributed by atoms with Gasteiger partial charge < -0.3 is 10.0 Å². The second-order valence-corrected chi connectivity index (χ2v) is 3.39. The zero-order valence-electron chi connectivity index (χ0n) is 7.62. The molecule has 0 bridgehead atoms. The number of piperidine rings is 1. The Hall–Kier alpha value is -0.570. The first-order valence-electron chi connectivity index (χ1n) is 4.66. The molecule has 1 rings (SSSR count). The van der Waals surface area contributed by atoms with Gasteiger partial charge in [-0.05, 0) is 18.8 Å². The lowest BCUT2D eigenvalue weighted by Gasteiger charge is -2.30. The largest absolute Gasteiger partial charge is 0.387 e. The molecule has 3 nitrogen and oxygen atoms in total. The average molecular weight is 171 g/mol. The van der Waals surface area contributed by atoms with Crippen molar-refractivity contribution in [3.63, 3.8) is 0 Å². The number of hydrogen-bond donors (Lipinski definition) is 1. The van der Waals surface area contributed by atoms with Crippen LogP contribution in [0.15, 0.2) is 0 Å². The van der Waals surface area contributed by atoms with Crippen LogP contribution in [0.3, 0.4) is 0 Å². The molecule has 0 spiro atoms. The Balaban J connectivity index is 2.30. The van der Waals surface area contributed by atoms with Crippen molar-refractivity contribution in [1.82, 2.24) is 4.90 Å². The van der Waals surface area contributed by atoms with Crippen LogP contribution < -0.4 is 0 Å². The van der Waals surface area contributed by atoms with Gasteiger partial charge in [-0.3, -0.25) is 4.79 Å². The molecule has 1 aliphatic heterocycles. The van der Waals surface area contributed by atoms with Gasteiger partial charge in [0.1, 0.15) is 6.61 Å². The monoisotopic (exact) mass is 171 g/mol. The molecule has 12 heavy (non-hydrogen) atoms. The molecule has 0 radical (unpaired) electrons. The fourth-order valence-corrected chi connectivity index (χ4v) is 1.69. The minimum Gasteiger partial charge on any atom is -0.387 e. The van der Waals surface area contributed by atoms with Crippen LogP contribution in [0.25, 0.3) is 0 Å². The summed E-state index contributed by atoms with van der Waals surface area (Å²) in [6.45, 7) is 3.51.